The summed E-state index contributed by atoms with van der Waals surface area (Å²) < 4.78 is 7.56. The highest BCUT2D eigenvalue weighted by atomic mass is 35.5. The average molecular weight is 405 g/mol. The van der Waals surface area contributed by atoms with Gasteiger partial charge in [-0.3, -0.25) is 4.99 Å². The summed E-state index contributed by atoms with van der Waals surface area (Å²) in [5.41, 5.74) is 6.23. The molecule has 2 aromatic heterocycles. The second-order valence-corrected chi connectivity index (χ2v) is 6.74. The van der Waals surface area contributed by atoms with Crippen LogP contribution in [0, 0.1) is 0 Å². The van der Waals surface area contributed by atoms with Crippen molar-refractivity contribution < 1.29 is 4.74 Å². The fraction of sp³-hybridized carbons (Fsp3) is 0.130. The second kappa shape index (κ2) is 7.97. The van der Waals surface area contributed by atoms with Gasteiger partial charge in [-0.2, -0.15) is 0 Å². The monoisotopic (exact) mass is 404 g/mol. The van der Waals surface area contributed by atoms with Gasteiger partial charge in [0.25, 0.3) is 0 Å². The molecule has 2 aromatic carbocycles. The number of nitrogens with zero attached hydrogens (tertiary/aromatic N) is 3. The van der Waals surface area contributed by atoms with Gasteiger partial charge >= 0.3 is 0 Å². The van der Waals surface area contributed by atoms with Crippen molar-refractivity contribution in [3.8, 4) is 28.1 Å². The number of methoxy groups -OCH3 is 1. The number of aromatic nitrogens is 2. The summed E-state index contributed by atoms with van der Waals surface area (Å²) in [5.74, 6) is 1.84. The molecule has 0 fully saturated rings. The Labute approximate surface area is 175 Å². The van der Waals surface area contributed by atoms with Crippen molar-refractivity contribution >= 4 is 23.9 Å². The summed E-state index contributed by atoms with van der Waals surface area (Å²) >= 11 is 0. The normalized spacial score (nSPS) is 12.9. The number of para-hydroxylation sites is 1. The van der Waals surface area contributed by atoms with Crippen LogP contribution in [-0.4, -0.2) is 35.4 Å². The SMILES string of the molecule is COc1ccccc1-c1ccc2nc(-c3ccc(C4=NCCN4)cc3)cn2c1.Cl. The van der Waals surface area contributed by atoms with Crippen molar-refractivity contribution in [2.24, 2.45) is 4.99 Å². The van der Waals surface area contributed by atoms with E-state index in [4.69, 9.17) is 9.72 Å². The van der Waals surface area contributed by atoms with E-state index in [2.05, 4.69) is 63.5 Å². The van der Waals surface area contributed by atoms with E-state index in [0.717, 1.165) is 58.3 Å². The van der Waals surface area contributed by atoms with Crippen molar-refractivity contribution in [3.05, 3.63) is 78.6 Å². The minimum absolute atomic E-state index is 0. The van der Waals surface area contributed by atoms with Gasteiger partial charge < -0.3 is 14.5 Å². The lowest BCUT2D eigenvalue weighted by Crippen LogP contribution is -2.19. The number of amidine groups is 1. The molecular formula is C23H21ClN4O. The number of benzene rings is 2. The van der Waals surface area contributed by atoms with E-state index < -0.39 is 0 Å². The van der Waals surface area contributed by atoms with E-state index in [-0.39, 0.29) is 12.4 Å². The molecule has 0 bridgehead atoms. The molecule has 0 spiro atoms. The maximum atomic E-state index is 5.50. The van der Waals surface area contributed by atoms with Crippen LogP contribution < -0.4 is 10.1 Å². The zero-order valence-electron chi connectivity index (χ0n) is 16.0. The van der Waals surface area contributed by atoms with Crippen molar-refractivity contribution in [2.45, 2.75) is 0 Å². The predicted molar refractivity (Wildman–Crippen MR) is 119 cm³/mol. The Balaban J connectivity index is 0.00000205. The van der Waals surface area contributed by atoms with Crippen LogP contribution in [0.15, 0.2) is 78.0 Å². The third-order valence-electron chi connectivity index (χ3n) is 5.00. The molecule has 1 aliphatic heterocycles. The zero-order valence-corrected chi connectivity index (χ0v) is 16.8. The van der Waals surface area contributed by atoms with Crippen molar-refractivity contribution in [3.63, 3.8) is 0 Å². The molecule has 3 heterocycles. The Kier molecular flexibility index (Phi) is 5.23. The quantitative estimate of drug-likeness (QED) is 0.546. The van der Waals surface area contributed by atoms with Crippen LogP contribution >= 0.6 is 12.4 Å². The number of imidazole rings is 1. The summed E-state index contributed by atoms with van der Waals surface area (Å²) in [5, 5.41) is 3.30. The van der Waals surface area contributed by atoms with Gasteiger partial charge in [-0.05, 0) is 18.2 Å². The zero-order chi connectivity index (χ0) is 18.9. The van der Waals surface area contributed by atoms with E-state index in [1.54, 1.807) is 7.11 Å². The standard InChI is InChI=1S/C23H20N4O.ClH/c1-28-21-5-3-2-4-19(21)18-10-11-22-26-20(15-27(22)14-18)16-6-8-17(9-7-16)23-24-12-13-25-23;/h2-11,14-15H,12-13H2,1H3,(H,24,25);1H. The minimum atomic E-state index is 0. The molecule has 6 heteroatoms. The molecule has 146 valence electrons. The van der Waals surface area contributed by atoms with Crippen molar-refractivity contribution in [1.82, 2.24) is 14.7 Å². The van der Waals surface area contributed by atoms with Crippen LogP contribution in [0.5, 0.6) is 5.75 Å². The van der Waals surface area contributed by atoms with Crippen LogP contribution in [0.2, 0.25) is 0 Å². The number of halogens is 1. The highest BCUT2D eigenvalue weighted by Crippen LogP contribution is 2.30. The number of pyridine rings is 1. The molecule has 0 atom stereocenters. The van der Waals surface area contributed by atoms with E-state index in [0.29, 0.717) is 0 Å². The molecule has 5 nitrogen and oxygen atoms in total. The summed E-state index contributed by atoms with van der Waals surface area (Å²) in [6.45, 7) is 1.76. The molecule has 0 unspecified atom stereocenters. The third-order valence-corrected chi connectivity index (χ3v) is 5.00. The van der Waals surface area contributed by atoms with Gasteiger partial charge in [0, 0.05) is 41.2 Å². The maximum Gasteiger partial charge on any atom is 0.137 e. The Bertz CT molecular complexity index is 1180. The molecule has 0 saturated heterocycles. The lowest BCUT2D eigenvalue weighted by atomic mass is 10.1. The first-order valence-corrected chi connectivity index (χ1v) is 9.33. The first-order chi connectivity index (χ1) is 13.8. The summed E-state index contributed by atoms with van der Waals surface area (Å²) in [6, 6.07) is 20.5. The first-order valence-electron chi connectivity index (χ1n) is 9.33. The average Bonchev–Trinajstić information content (AvgIpc) is 3.43. The lowest BCUT2D eigenvalue weighted by Gasteiger charge is -2.08. The van der Waals surface area contributed by atoms with Crippen LogP contribution in [-0.2, 0) is 0 Å². The van der Waals surface area contributed by atoms with Crippen LogP contribution in [0.3, 0.4) is 0 Å². The van der Waals surface area contributed by atoms with Crippen LogP contribution in [0.25, 0.3) is 28.0 Å². The molecule has 0 aliphatic carbocycles. The largest absolute Gasteiger partial charge is 0.496 e. The Hall–Kier alpha value is -3.31. The van der Waals surface area contributed by atoms with E-state index in [9.17, 15) is 0 Å². The number of aliphatic imine (C=N–C) groups is 1. The Morgan fingerprint density at radius 1 is 0.897 bits per heavy atom. The van der Waals surface area contributed by atoms with Gasteiger partial charge in [-0.1, -0.05) is 42.5 Å². The predicted octanol–water partition coefficient (Wildman–Crippen LogP) is 4.45. The molecule has 0 saturated carbocycles. The number of ether oxygens (including phenoxy) is 1. The summed E-state index contributed by atoms with van der Waals surface area (Å²) in [4.78, 5) is 9.24. The highest BCUT2D eigenvalue weighted by molar-refractivity contribution is 6.00. The second-order valence-electron chi connectivity index (χ2n) is 6.74. The molecule has 5 rings (SSSR count). The van der Waals surface area contributed by atoms with Crippen LogP contribution in [0.4, 0.5) is 0 Å². The van der Waals surface area contributed by atoms with E-state index in [1.807, 2.05) is 24.3 Å². The van der Waals surface area contributed by atoms with Gasteiger partial charge in [0.2, 0.25) is 0 Å². The molecule has 1 N–H and O–H groups in total. The van der Waals surface area contributed by atoms with Crippen molar-refractivity contribution in [1.29, 1.82) is 0 Å². The molecular weight excluding hydrogens is 384 g/mol. The summed E-state index contributed by atoms with van der Waals surface area (Å²) in [7, 11) is 1.70. The maximum absolute atomic E-state index is 5.50. The Morgan fingerprint density at radius 2 is 1.66 bits per heavy atom. The number of rotatable bonds is 4. The number of hydrogen-bond donors (Lipinski definition) is 1. The number of nitrogens with one attached hydrogen (secondary N) is 1. The smallest absolute Gasteiger partial charge is 0.137 e. The van der Waals surface area contributed by atoms with Gasteiger partial charge in [-0.15, -0.1) is 12.4 Å². The third kappa shape index (κ3) is 3.57. The van der Waals surface area contributed by atoms with Crippen LogP contribution in [0.1, 0.15) is 5.56 Å². The molecule has 4 aromatic rings. The van der Waals surface area contributed by atoms with Gasteiger partial charge in [0.05, 0.1) is 19.3 Å². The fourth-order valence-electron chi connectivity index (χ4n) is 3.56. The highest BCUT2D eigenvalue weighted by Gasteiger charge is 2.11. The fourth-order valence-corrected chi connectivity index (χ4v) is 3.56. The van der Waals surface area contributed by atoms with Crippen molar-refractivity contribution in [2.75, 3.05) is 20.2 Å². The van der Waals surface area contributed by atoms with Gasteiger partial charge in [0.15, 0.2) is 0 Å². The first kappa shape index (κ1) is 19.0. The molecule has 29 heavy (non-hydrogen) atoms. The van der Waals surface area contributed by atoms with E-state index >= 15 is 0 Å². The minimum Gasteiger partial charge on any atom is -0.496 e. The Morgan fingerprint density at radius 3 is 2.41 bits per heavy atom. The van der Waals surface area contributed by atoms with Gasteiger partial charge in [-0.25, -0.2) is 4.98 Å². The number of hydrogen-bond acceptors (Lipinski definition) is 4. The molecule has 0 amide bonds. The lowest BCUT2D eigenvalue weighted by molar-refractivity contribution is 0.416. The molecule has 0 radical (unpaired) electrons. The number of fused-ring (bicyclic) bond motifs is 1. The topological polar surface area (TPSA) is 50.9 Å². The molecule has 1 aliphatic rings. The van der Waals surface area contributed by atoms with E-state index in [1.165, 1.54) is 0 Å². The van der Waals surface area contributed by atoms with Gasteiger partial charge in [0.1, 0.15) is 17.2 Å². The summed E-state index contributed by atoms with van der Waals surface area (Å²) in [6.07, 6.45) is 4.16.